The van der Waals surface area contributed by atoms with E-state index < -0.39 is 32.3 Å². The molecule has 3 saturated heterocycles. The van der Waals surface area contributed by atoms with Crippen molar-refractivity contribution in [2.45, 2.75) is 82.8 Å². The van der Waals surface area contributed by atoms with Crippen LogP contribution in [0.5, 0.6) is 0 Å². The topological polar surface area (TPSA) is 184 Å². The van der Waals surface area contributed by atoms with Crippen molar-refractivity contribution in [1.29, 1.82) is 0 Å². The maximum absolute atomic E-state index is 14.1. The fourth-order valence-electron chi connectivity index (χ4n) is 9.35. The number of amides is 4. The minimum Gasteiger partial charge on any atom is -0.453 e. The molecule has 3 aromatic carbocycles. The molecule has 0 aliphatic carbocycles. The highest BCUT2D eigenvalue weighted by atomic mass is 28.3. The summed E-state index contributed by atoms with van der Waals surface area (Å²) in [6.07, 6.45) is 4.29. The molecule has 61 heavy (non-hydrogen) atoms. The van der Waals surface area contributed by atoms with Crippen LogP contribution < -0.4 is 10.6 Å². The van der Waals surface area contributed by atoms with E-state index in [0.717, 1.165) is 74.7 Å². The van der Waals surface area contributed by atoms with Gasteiger partial charge in [0.05, 0.1) is 57.3 Å². The molecule has 3 aliphatic heterocycles. The lowest BCUT2D eigenvalue weighted by Gasteiger charge is -2.34. The van der Waals surface area contributed by atoms with Gasteiger partial charge < -0.3 is 44.6 Å². The van der Waals surface area contributed by atoms with E-state index in [0.29, 0.717) is 38.8 Å². The van der Waals surface area contributed by atoms with Gasteiger partial charge in [-0.05, 0) is 89.7 Å². The number of rotatable bonds is 10. The van der Waals surface area contributed by atoms with Gasteiger partial charge in [-0.2, -0.15) is 0 Å². The van der Waals surface area contributed by atoms with Gasteiger partial charge in [-0.25, -0.2) is 19.6 Å². The van der Waals surface area contributed by atoms with E-state index >= 15 is 0 Å². The number of aromatic nitrogens is 4. The van der Waals surface area contributed by atoms with E-state index in [1.165, 1.54) is 14.2 Å². The van der Waals surface area contributed by atoms with Gasteiger partial charge in [-0.1, -0.05) is 57.3 Å². The molecule has 322 valence electrons. The molecular weight excluding hydrogens is 793 g/mol. The lowest BCUT2D eigenvalue weighted by molar-refractivity contribution is -0.137. The number of carbonyl (C=O) groups excluding carboxylic acids is 4. The van der Waals surface area contributed by atoms with Gasteiger partial charge in [-0.3, -0.25) is 9.59 Å². The Bertz CT molecular complexity index is 2440. The maximum Gasteiger partial charge on any atom is 0.407 e. The number of alkyl carbamates (subject to hydrolysis) is 2. The van der Waals surface area contributed by atoms with Crippen LogP contribution in [0.25, 0.3) is 44.2 Å². The minimum atomic E-state index is -1.76. The molecule has 3 aliphatic rings. The molecule has 5 heterocycles. The van der Waals surface area contributed by atoms with Gasteiger partial charge in [0.1, 0.15) is 23.7 Å². The Labute approximate surface area is 356 Å². The number of aromatic amines is 2. The first-order valence-electron chi connectivity index (χ1n) is 21.3. The Balaban J connectivity index is 0.992. The van der Waals surface area contributed by atoms with Crippen molar-refractivity contribution < 1.29 is 33.4 Å². The normalized spacial score (nSPS) is 20.2. The standard InChI is InChI=1S/C45H56N8O7Si/c1-26(2)38(50-44(56)58-3)42(54)53-25-61(5,6)24-37(53)40-46-23-35(49-40)32-12-11-28-20-29(9-10-30(28)21-32)31-13-14-33-34(22-31)48-41(47-33)36-8-7-17-52(36)43(55)39(51-45(57)59-4)27-15-18-60-19-16-27/h9-14,20-23,26-27,36-39H,7-8,15-19,24-25H2,1-6H3,(H,46,49)(H,47,48)(H,50,56)(H,51,57). The summed E-state index contributed by atoms with van der Waals surface area (Å²) in [5, 5.41) is 7.74. The van der Waals surface area contributed by atoms with Crippen LogP contribution in [0.2, 0.25) is 19.1 Å². The number of H-pyrrole nitrogens is 2. The Morgan fingerprint density at radius 1 is 0.803 bits per heavy atom. The second-order valence-electron chi connectivity index (χ2n) is 17.8. The van der Waals surface area contributed by atoms with Crippen LogP contribution in [0, 0.1) is 11.8 Å². The number of ether oxygens (including phenoxy) is 3. The highest BCUT2D eigenvalue weighted by Gasteiger charge is 2.46. The lowest BCUT2D eigenvalue weighted by Crippen LogP contribution is -2.53. The van der Waals surface area contributed by atoms with Gasteiger partial charge in [0.2, 0.25) is 11.8 Å². The van der Waals surface area contributed by atoms with Crippen molar-refractivity contribution in [3.8, 4) is 22.4 Å². The molecule has 4 N–H and O–H groups in total. The Kier molecular flexibility index (Phi) is 11.9. The summed E-state index contributed by atoms with van der Waals surface area (Å²) in [4.78, 5) is 73.0. The number of carbonyl (C=O) groups is 4. The van der Waals surface area contributed by atoms with Gasteiger partial charge >= 0.3 is 12.2 Å². The first-order chi connectivity index (χ1) is 29.3. The van der Waals surface area contributed by atoms with Gasteiger partial charge in [0.15, 0.2) is 0 Å². The van der Waals surface area contributed by atoms with Crippen molar-refractivity contribution in [2.75, 3.05) is 40.1 Å². The molecule has 15 nitrogen and oxygen atoms in total. The summed E-state index contributed by atoms with van der Waals surface area (Å²) in [5.74, 6) is 1.11. The number of fused-ring (bicyclic) bond motifs is 2. The van der Waals surface area contributed by atoms with Crippen LogP contribution >= 0.6 is 0 Å². The molecule has 3 fully saturated rings. The maximum atomic E-state index is 14.1. The van der Waals surface area contributed by atoms with Crippen LogP contribution in [0.4, 0.5) is 9.59 Å². The third kappa shape index (κ3) is 8.73. The van der Waals surface area contributed by atoms with Crippen LogP contribution in [-0.4, -0.2) is 114 Å². The van der Waals surface area contributed by atoms with Crippen LogP contribution in [-0.2, 0) is 23.8 Å². The molecule has 4 atom stereocenters. The zero-order valence-corrected chi connectivity index (χ0v) is 36.7. The SMILES string of the molecule is COC(=O)NC(C(=O)N1C[Si](C)(C)CC1c1ncc(-c2ccc3cc(-c4ccc5nc(C6CCCN6C(=O)C(NC(=O)OC)C6CCOCC6)[nH]c5c4)ccc3c2)[nH]1)C(C)C. The zero-order valence-electron chi connectivity index (χ0n) is 35.7. The van der Waals surface area contributed by atoms with Crippen molar-refractivity contribution in [3.05, 3.63) is 72.4 Å². The van der Waals surface area contributed by atoms with E-state index in [1.54, 1.807) is 0 Å². The smallest absolute Gasteiger partial charge is 0.407 e. The Morgan fingerprint density at radius 2 is 1.48 bits per heavy atom. The number of nitrogens with one attached hydrogen (secondary N) is 4. The van der Waals surface area contributed by atoms with Gasteiger partial charge in [-0.15, -0.1) is 0 Å². The first-order valence-corrected chi connectivity index (χ1v) is 24.7. The van der Waals surface area contributed by atoms with E-state index in [2.05, 4.69) is 82.2 Å². The predicted octanol–water partition coefficient (Wildman–Crippen LogP) is 7.10. The molecule has 0 radical (unpaired) electrons. The molecular formula is C45H56N8O7Si. The van der Waals surface area contributed by atoms with E-state index in [4.69, 9.17) is 24.2 Å². The van der Waals surface area contributed by atoms with E-state index in [1.807, 2.05) is 35.9 Å². The molecule has 16 heteroatoms. The third-order valence-corrected chi connectivity index (χ3v) is 15.3. The Hall–Kier alpha value is -5.74. The van der Waals surface area contributed by atoms with Crippen molar-refractivity contribution in [3.63, 3.8) is 0 Å². The van der Waals surface area contributed by atoms with E-state index in [9.17, 15) is 19.2 Å². The molecule has 0 spiro atoms. The fraction of sp³-hybridized carbons (Fsp3) is 0.467. The summed E-state index contributed by atoms with van der Waals surface area (Å²) in [6, 6.07) is 18.0. The van der Waals surface area contributed by atoms with Crippen molar-refractivity contribution in [2.24, 2.45) is 11.8 Å². The van der Waals surface area contributed by atoms with Gasteiger partial charge in [0.25, 0.3) is 0 Å². The van der Waals surface area contributed by atoms with Crippen LogP contribution in [0.15, 0.2) is 60.8 Å². The first kappa shape index (κ1) is 42.0. The number of likely N-dealkylation sites (tertiary alicyclic amines) is 1. The molecule has 4 amide bonds. The molecule has 2 aromatic heterocycles. The number of methoxy groups -OCH3 is 2. The summed E-state index contributed by atoms with van der Waals surface area (Å²) >= 11 is 0. The highest BCUT2D eigenvalue weighted by Crippen LogP contribution is 2.39. The molecule has 0 bridgehead atoms. The molecule has 4 unspecified atom stereocenters. The average Bonchev–Trinajstić information content (AvgIpc) is 4.09. The molecule has 8 rings (SSSR count). The minimum absolute atomic E-state index is 0.0322. The second-order valence-corrected chi connectivity index (χ2v) is 22.8. The third-order valence-electron chi connectivity index (χ3n) is 12.6. The van der Waals surface area contributed by atoms with Crippen LogP contribution in [0.1, 0.15) is 63.3 Å². The number of benzene rings is 3. The predicted molar refractivity (Wildman–Crippen MR) is 234 cm³/mol. The quantitative estimate of drug-likeness (QED) is 0.107. The molecule has 0 saturated carbocycles. The highest BCUT2D eigenvalue weighted by molar-refractivity contribution is 6.78. The zero-order chi connectivity index (χ0) is 43.0. The average molecular weight is 849 g/mol. The number of hydrogen-bond donors (Lipinski definition) is 4. The van der Waals surface area contributed by atoms with Crippen LogP contribution in [0.3, 0.4) is 0 Å². The molecule has 5 aromatic rings. The van der Waals surface area contributed by atoms with E-state index in [-0.39, 0.29) is 35.7 Å². The number of nitrogens with zero attached hydrogens (tertiary/aromatic N) is 4. The summed E-state index contributed by atoms with van der Waals surface area (Å²) in [6.45, 7) is 10.1. The van der Waals surface area contributed by atoms with Crippen molar-refractivity contribution in [1.82, 2.24) is 40.4 Å². The Morgan fingerprint density at radius 3 is 2.20 bits per heavy atom. The second kappa shape index (κ2) is 17.3. The largest absolute Gasteiger partial charge is 0.453 e. The number of imidazole rings is 2. The summed E-state index contributed by atoms with van der Waals surface area (Å²) in [5.41, 5.74) is 5.67. The summed E-state index contributed by atoms with van der Waals surface area (Å²) < 4.78 is 15.2. The fourth-order valence-corrected chi connectivity index (χ4v) is 12.2. The van der Waals surface area contributed by atoms with Gasteiger partial charge in [0, 0.05) is 31.5 Å². The lowest BCUT2D eigenvalue weighted by atomic mass is 9.90. The number of hydrogen-bond acceptors (Lipinski definition) is 9. The van der Waals surface area contributed by atoms with Crippen molar-refractivity contribution >= 4 is 53.9 Å². The summed E-state index contributed by atoms with van der Waals surface area (Å²) in [7, 11) is 0.852. The monoisotopic (exact) mass is 848 g/mol.